The summed E-state index contributed by atoms with van der Waals surface area (Å²) >= 11 is 0. The van der Waals surface area contributed by atoms with E-state index in [4.69, 9.17) is 4.42 Å². The Morgan fingerprint density at radius 2 is 1.10 bits per heavy atom. The molecule has 4 bridgehead atoms. The summed E-state index contributed by atoms with van der Waals surface area (Å²) in [6.45, 7) is 0. The van der Waals surface area contributed by atoms with Crippen LogP contribution in [0.4, 0.5) is 17.1 Å². The molecule has 0 spiro atoms. The molecule has 1 aromatic heterocycles. The fraction of sp³-hybridized carbons (Fsp3) is 0.200. The van der Waals surface area contributed by atoms with E-state index in [1.165, 1.54) is 77.2 Å². The first-order valence-corrected chi connectivity index (χ1v) is 19.2. The lowest BCUT2D eigenvalue weighted by atomic mass is 9.48. The molecule has 4 saturated carbocycles. The van der Waals surface area contributed by atoms with Gasteiger partial charge in [0.25, 0.3) is 0 Å². The number of anilines is 3. The van der Waals surface area contributed by atoms with E-state index in [1.807, 2.05) is 6.07 Å². The highest BCUT2D eigenvalue weighted by Crippen LogP contribution is 2.61. The highest BCUT2D eigenvalue weighted by Gasteiger charge is 2.51. The summed E-state index contributed by atoms with van der Waals surface area (Å²) in [5.74, 6) is 2.77. The lowest BCUT2D eigenvalue weighted by Crippen LogP contribution is -2.48. The number of nitrogens with zero attached hydrogens (tertiary/aromatic N) is 1. The summed E-state index contributed by atoms with van der Waals surface area (Å²) in [7, 11) is 0. The van der Waals surface area contributed by atoms with Crippen LogP contribution in [0.3, 0.4) is 0 Å². The molecule has 7 aromatic carbocycles. The summed E-state index contributed by atoms with van der Waals surface area (Å²) in [4.78, 5) is 2.45. The van der Waals surface area contributed by atoms with Crippen LogP contribution in [0.15, 0.2) is 162 Å². The molecule has 0 atom stereocenters. The SMILES string of the molecule is c1ccc(-c2cccc3cccc(-c4ccccc4N(c4ccc(C56CC7CC(CC(C7)C5)C6)cc4)c4ccc5c(c4)oc4ccccc45)c23)cc1. The average Bonchev–Trinajstić information content (AvgIpc) is 3.56. The molecule has 52 heavy (non-hydrogen) atoms. The summed E-state index contributed by atoms with van der Waals surface area (Å²) < 4.78 is 6.48. The molecule has 0 amide bonds. The number of rotatable bonds is 6. The maximum absolute atomic E-state index is 6.48. The van der Waals surface area contributed by atoms with Crippen molar-refractivity contribution in [3.63, 3.8) is 0 Å². The number of fused-ring (bicyclic) bond motifs is 4. The van der Waals surface area contributed by atoms with Crippen molar-refractivity contribution in [3.8, 4) is 22.3 Å². The molecule has 252 valence electrons. The molecule has 4 aliphatic carbocycles. The van der Waals surface area contributed by atoms with Crippen molar-refractivity contribution in [2.24, 2.45) is 17.8 Å². The van der Waals surface area contributed by atoms with Gasteiger partial charge in [-0.1, -0.05) is 115 Å². The molecule has 12 rings (SSSR count). The van der Waals surface area contributed by atoms with E-state index in [2.05, 4.69) is 157 Å². The van der Waals surface area contributed by atoms with Crippen LogP contribution >= 0.6 is 0 Å². The first-order valence-electron chi connectivity index (χ1n) is 19.2. The molecule has 0 unspecified atom stereocenters. The van der Waals surface area contributed by atoms with Crippen molar-refractivity contribution >= 4 is 49.8 Å². The molecule has 2 nitrogen and oxygen atoms in total. The summed E-state index contributed by atoms with van der Waals surface area (Å²) in [5, 5.41) is 4.81. The van der Waals surface area contributed by atoms with Gasteiger partial charge >= 0.3 is 0 Å². The number of benzene rings is 7. The van der Waals surface area contributed by atoms with Crippen molar-refractivity contribution in [2.45, 2.75) is 43.9 Å². The van der Waals surface area contributed by atoms with E-state index in [0.29, 0.717) is 5.41 Å². The van der Waals surface area contributed by atoms with E-state index in [-0.39, 0.29) is 0 Å². The molecular weight excluding hydrogens is 631 g/mol. The lowest BCUT2D eigenvalue weighted by molar-refractivity contribution is -0.00518. The second-order valence-corrected chi connectivity index (χ2v) is 16.0. The Balaban J connectivity index is 1.10. The normalized spacial score (nSPS) is 22.0. The quantitative estimate of drug-likeness (QED) is 0.175. The zero-order chi connectivity index (χ0) is 34.2. The van der Waals surface area contributed by atoms with Crippen LogP contribution in [-0.2, 0) is 5.41 Å². The Bertz CT molecular complexity index is 2570. The zero-order valence-electron chi connectivity index (χ0n) is 29.3. The van der Waals surface area contributed by atoms with Crippen molar-refractivity contribution in [2.75, 3.05) is 4.90 Å². The third kappa shape index (κ3) is 4.77. The molecule has 2 heteroatoms. The van der Waals surface area contributed by atoms with Gasteiger partial charge in [0, 0.05) is 33.8 Å². The van der Waals surface area contributed by atoms with Crippen LogP contribution in [0, 0.1) is 17.8 Å². The Morgan fingerprint density at radius 1 is 0.481 bits per heavy atom. The maximum Gasteiger partial charge on any atom is 0.137 e. The fourth-order valence-corrected chi connectivity index (χ4v) is 11.0. The van der Waals surface area contributed by atoms with Crippen molar-refractivity contribution in [1.29, 1.82) is 0 Å². The van der Waals surface area contributed by atoms with Crippen LogP contribution in [0.2, 0.25) is 0 Å². The van der Waals surface area contributed by atoms with E-state index < -0.39 is 0 Å². The van der Waals surface area contributed by atoms with Crippen LogP contribution in [-0.4, -0.2) is 0 Å². The molecule has 4 fully saturated rings. The average molecular weight is 672 g/mol. The second kappa shape index (κ2) is 11.7. The van der Waals surface area contributed by atoms with Gasteiger partial charge in [0.2, 0.25) is 0 Å². The molecule has 0 saturated heterocycles. The first kappa shape index (κ1) is 30.1. The molecule has 0 radical (unpaired) electrons. The van der Waals surface area contributed by atoms with E-state index in [1.54, 1.807) is 5.56 Å². The zero-order valence-corrected chi connectivity index (χ0v) is 29.3. The summed E-state index contributed by atoms with van der Waals surface area (Å²) in [5.41, 5.74) is 12.1. The predicted molar refractivity (Wildman–Crippen MR) is 217 cm³/mol. The Kier molecular flexibility index (Phi) is 6.77. The van der Waals surface area contributed by atoms with Gasteiger partial charge in [-0.2, -0.15) is 0 Å². The maximum atomic E-state index is 6.48. The fourth-order valence-electron chi connectivity index (χ4n) is 11.0. The number of para-hydroxylation sites is 2. The highest BCUT2D eigenvalue weighted by molar-refractivity contribution is 6.09. The first-order chi connectivity index (χ1) is 25.7. The van der Waals surface area contributed by atoms with Crippen LogP contribution < -0.4 is 4.90 Å². The van der Waals surface area contributed by atoms with Crippen LogP contribution in [0.5, 0.6) is 0 Å². The minimum atomic E-state index is 0.361. The Labute approximate surface area is 305 Å². The van der Waals surface area contributed by atoms with E-state index in [9.17, 15) is 0 Å². The molecule has 4 aliphatic rings. The van der Waals surface area contributed by atoms with Gasteiger partial charge in [-0.05, 0) is 131 Å². The monoisotopic (exact) mass is 671 g/mol. The van der Waals surface area contributed by atoms with Crippen LogP contribution in [0.1, 0.15) is 44.1 Å². The molecule has 1 heterocycles. The van der Waals surface area contributed by atoms with E-state index in [0.717, 1.165) is 51.1 Å². The Morgan fingerprint density at radius 3 is 1.87 bits per heavy atom. The van der Waals surface area contributed by atoms with Crippen molar-refractivity contribution in [3.05, 3.63) is 163 Å². The number of furan rings is 1. The third-order valence-corrected chi connectivity index (χ3v) is 12.8. The van der Waals surface area contributed by atoms with Gasteiger partial charge in [0.1, 0.15) is 11.2 Å². The third-order valence-electron chi connectivity index (χ3n) is 12.8. The standard InChI is InChI=1S/C50H41NO/c1-2-10-36(11-3-1)41-16-8-12-37-13-9-17-45(49(37)41)42-14-4-6-18-46(42)51(40-24-25-44-43-15-5-7-19-47(43)52-48(44)29-40)39-22-20-38(21-23-39)50-30-33-26-34(31-50)28-35(27-33)32-50/h1-25,29,33-35H,26-28,30-32H2. The summed E-state index contributed by atoms with van der Waals surface area (Å²) in [6, 6.07) is 58.0. The van der Waals surface area contributed by atoms with Gasteiger partial charge < -0.3 is 9.32 Å². The van der Waals surface area contributed by atoms with Crippen molar-refractivity contribution in [1.82, 2.24) is 0 Å². The lowest BCUT2D eigenvalue weighted by Gasteiger charge is -2.57. The number of hydrogen-bond donors (Lipinski definition) is 0. The molecular formula is C50H41NO. The van der Waals surface area contributed by atoms with E-state index >= 15 is 0 Å². The Hall–Kier alpha value is -5.60. The van der Waals surface area contributed by atoms with Gasteiger partial charge in [0.15, 0.2) is 0 Å². The number of hydrogen-bond acceptors (Lipinski definition) is 2. The molecule has 0 N–H and O–H groups in total. The predicted octanol–water partition coefficient (Wildman–Crippen LogP) is 14.0. The van der Waals surface area contributed by atoms with Gasteiger partial charge in [0.05, 0.1) is 5.69 Å². The topological polar surface area (TPSA) is 16.4 Å². The smallest absolute Gasteiger partial charge is 0.137 e. The highest BCUT2D eigenvalue weighted by atomic mass is 16.3. The van der Waals surface area contributed by atoms with Crippen molar-refractivity contribution < 1.29 is 4.42 Å². The largest absolute Gasteiger partial charge is 0.456 e. The van der Waals surface area contributed by atoms with Gasteiger partial charge in [-0.25, -0.2) is 0 Å². The molecule has 0 aliphatic heterocycles. The van der Waals surface area contributed by atoms with Gasteiger partial charge in [-0.3, -0.25) is 0 Å². The summed E-state index contributed by atoms with van der Waals surface area (Å²) in [6.07, 6.45) is 8.51. The molecule has 8 aromatic rings. The second-order valence-electron chi connectivity index (χ2n) is 16.0. The van der Waals surface area contributed by atoms with Crippen LogP contribution in [0.25, 0.3) is 55.0 Å². The van der Waals surface area contributed by atoms with Gasteiger partial charge in [-0.15, -0.1) is 0 Å². The minimum absolute atomic E-state index is 0.361. The minimum Gasteiger partial charge on any atom is -0.456 e.